The summed E-state index contributed by atoms with van der Waals surface area (Å²) in [5.41, 5.74) is 1.72. The van der Waals surface area contributed by atoms with E-state index in [4.69, 9.17) is 0 Å². The molecule has 2 amide bonds. The number of hydrogen-bond acceptors (Lipinski definition) is 3. The van der Waals surface area contributed by atoms with Gasteiger partial charge in [-0.15, -0.1) is 0 Å². The topological polar surface area (TPSA) is 85.1 Å². The number of anilines is 1. The number of para-hydroxylation sites is 1. The maximum absolute atomic E-state index is 13.1. The van der Waals surface area contributed by atoms with Crippen molar-refractivity contribution in [3.63, 3.8) is 0 Å². The zero-order valence-corrected chi connectivity index (χ0v) is 18.1. The van der Waals surface area contributed by atoms with E-state index in [0.29, 0.717) is 23.4 Å². The molecule has 7 nitrogen and oxygen atoms in total. The number of hydrogen-bond donors (Lipinski definition) is 2. The number of amides is 2. The number of aromatic nitrogens is 2. The minimum Gasteiger partial charge on any atom is -0.340 e. The van der Waals surface area contributed by atoms with Crippen molar-refractivity contribution in [2.24, 2.45) is 7.05 Å². The second-order valence-electron chi connectivity index (χ2n) is 7.46. The molecular formula is C24H28N4O3. The fraction of sp³-hybridized carbons (Fsp3) is 0.292. The van der Waals surface area contributed by atoms with Crippen LogP contribution in [0.25, 0.3) is 5.69 Å². The molecule has 0 aliphatic carbocycles. The summed E-state index contributed by atoms with van der Waals surface area (Å²) in [5, 5.41) is 5.58. The van der Waals surface area contributed by atoms with Gasteiger partial charge >= 0.3 is 0 Å². The predicted molar refractivity (Wildman–Crippen MR) is 122 cm³/mol. The minimum atomic E-state index is -0.739. The predicted octanol–water partition coefficient (Wildman–Crippen LogP) is 3.41. The molecule has 0 aliphatic rings. The molecule has 3 aromatic rings. The van der Waals surface area contributed by atoms with E-state index in [0.717, 1.165) is 12.8 Å². The van der Waals surface area contributed by atoms with Crippen molar-refractivity contribution in [1.29, 1.82) is 0 Å². The van der Waals surface area contributed by atoms with Gasteiger partial charge in [-0.05, 0) is 37.6 Å². The summed E-state index contributed by atoms with van der Waals surface area (Å²) in [4.78, 5) is 38.7. The largest absolute Gasteiger partial charge is 0.340 e. The van der Waals surface area contributed by atoms with Crippen molar-refractivity contribution >= 4 is 17.5 Å². The van der Waals surface area contributed by atoms with Crippen molar-refractivity contribution in [3.05, 3.63) is 82.3 Å². The van der Waals surface area contributed by atoms with Crippen LogP contribution >= 0.6 is 0 Å². The van der Waals surface area contributed by atoms with Gasteiger partial charge in [0.25, 0.3) is 11.5 Å². The number of benzene rings is 2. The Balaban J connectivity index is 1.85. The van der Waals surface area contributed by atoms with Gasteiger partial charge in [-0.2, -0.15) is 0 Å². The molecule has 2 N–H and O–H groups in total. The minimum absolute atomic E-state index is 0.215. The highest BCUT2D eigenvalue weighted by Crippen LogP contribution is 2.15. The fourth-order valence-corrected chi connectivity index (χ4v) is 3.43. The van der Waals surface area contributed by atoms with Crippen LogP contribution in [-0.4, -0.2) is 27.2 Å². The Kier molecular flexibility index (Phi) is 7.07. The summed E-state index contributed by atoms with van der Waals surface area (Å²) in [6.45, 7) is 3.80. The molecule has 0 radical (unpaired) electrons. The van der Waals surface area contributed by atoms with Crippen LogP contribution < -0.4 is 16.2 Å². The van der Waals surface area contributed by atoms with Gasteiger partial charge in [0, 0.05) is 12.6 Å². The van der Waals surface area contributed by atoms with Gasteiger partial charge in [-0.3, -0.25) is 19.1 Å². The molecule has 7 heteroatoms. The molecule has 162 valence electrons. The summed E-state index contributed by atoms with van der Waals surface area (Å²) in [5.74, 6) is -0.716. The van der Waals surface area contributed by atoms with Gasteiger partial charge in [0.1, 0.15) is 11.7 Å². The first-order valence-electron chi connectivity index (χ1n) is 10.4. The molecule has 1 heterocycles. The highest BCUT2D eigenvalue weighted by atomic mass is 16.2. The van der Waals surface area contributed by atoms with Crippen LogP contribution in [0, 0.1) is 6.92 Å². The standard InChI is InChI=1S/C24H28N4O3/c1-4-5-16-20(25-22(29)18-12-8-6-9-13-18)23(30)26-21-17(2)27(3)28(24(21)31)19-14-10-7-11-15-19/h6-15,20H,4-5,16H2,1-3H3,(H,25,29)(H,26,30)/t20-/m1/s1. The normalized spacial score (nSPS) is 11.7. The Morgan fingerprint density at radius 1 is 1.00 bits per heavy atom. The van der Waals surface area contributed by atoms with Crippen molar-refractivity contribution in [3.8, 4) is 5.69 Å². The first kappa shape index (κ1) is 22.1. The van der Waals surface area contributed by atoms with Gasteiger partial charge in [0.2, 0.25) is 5.91 Å². The summed E-state index contributed by atoms with van der Waals surface area (Å²) >= 11 is 0. The molecule has 31 heavy (non-hydrogen) atoms. The third kappa shape index (κ3) is 4.94. The number of unbranched alkanes of at least 4 members (excludes halogenated alkanes) is 1. The van der Waals surface area contributed by atoms with Gasteiger partial charge in [-0.1, -0.05) is 56.2 Å². The van der Waals surface area contributed by atoms with Crippen LogP contribution in [0.2, 0.25) is 0 Å². The molecule has 0 bridgehead atoms. The Bertz CT molecular complexity index is 1100. The Hall–Kier alpha value is -3.61. The zero-order valence-electron chi connectivity index (χ0n) is 18.1. The number of carbonyl (C=O) groups excluding carboxylic acids is 2. The average Bonchev–Trinajstić information content (AvgIpc) is 3.00. The number of carbonyl (C=O) groups is 2. The van der Waals surface area contributed by atoms with Crippen LogP contribution in [-0.2, 0) is 11.8 Å². The SMILES string of the molecule is CCCC[C@@H](NC(=O)c1ccccc1)C(=O)Nc1c(C)n(C)n(-c2ccccc2)c1=O. The number of nitrogens with zero attached hydrogens (tertiary/aromatic N) is 2. The van der Waals surface area contributed by atoms with Crippen LogP contribution in [0.3, 0.4) is 0 Å². The Morgan fingerprint density at radius 3 is 2.23 bits per heavy atom. The molecule has 0 spiro atoms. The van der Waals surface area contributed by atoms with Crippen LogP contribution in [0.1, 0.15) is 42.2 Å². The third-order valence-corrected chi connectivity index (χ3v) is 5.31. The van der Waals surface area contributed by atoms with Gasteiger partial charge in [-0.25, -0.2) is 4.68 Å². The molecule has 1 atom stereocenters. The summed E-state index contributed by atoms with van der Waals surface area (Å²) in [6, 6.07) is 17.3. The Labute approximate surface area is 181 Å². The van der Waals surface area contributed by atoms with Gasteiger partial charge in [0.15, 0.2) is 0 Å². The summed E-state index contributed by atoms with van der Waals surface area (Å²) in [7, 11) is 1.77. The molecule has 1 aromatic heterocycles. The van der Waals surface area contributed by atoms with Gasteiger partial charge in [0.05, 0.1) is 11.4 Å². The highest BCUT2D eigenvalue weighted by molar-refractivity contribution is 6.01. The maximum Gasteiger partial charge on any atom is 0.295 e. The molecule has 2 aromatic carbocycles. The van der Waals surface area contributed by atoms with E-state index in [1.54, 1.807) is 42.9 Å². The average molecular weight is 421 g/mol. The van der Waals surface area contributed by atoms with E-state index in [9.17, 15) is 14.4 Å². The zero-order chi connectivity index (χ0) is 22.4. The van der Waals surface area contributed by atoms with Crippen molar-refractivity contribution in [1.82, 2.24) is 14.7 Å². The lowest BCUT2D eigenvalue weighted by molar-refractivity contribution is -0.118. The van der Waals surface area contributed by atoms with E-state index >= 15 is 0 Å². The second kappa shape index (κ2) is 9.93. The molecule has 0 unspecified atom stereocenters. The highest BCUT2D eigenvalue weighted by Gasteiger charge is 2.24. The maximum atomic E-state index is 13.1. The van der Waals surface area contributed by atoms with Crippen molar-refractivity contribution in [2.45, 2.75) is 39.2 Å². The molecular weight excluding hydrogens is 392 g/mol. The van der Waals surface area contributed by atoms with E-state index in [2.05, 4.69) is 10.6 Å². The number of rotatable bonds is 8. The smallest absolute Gasteiger partial charge is 0.295 e. The molecule has 0 aliphatic heterocycles. The third-order valence-electron chi connectivity index (χ3n) is 5.31. The van der Waals surface area contributed by atoms with Crippen molar-refractivity contribution in [2.75, 3.05) is 5.32 Å². The van der Waals surface area contributed by atoms with Crippen LogP contribution in [0.15, 0.2) is 65.5 Å². The van der Waals surface area contributed by atoms with Crippen LogP contribution in [0.4, 0.5) is 5.69 Å². The van der Waals surface area contributed by atoms with Crippen LogP contribution in [0.5, 0.6) is 0 Å². The summed E-state index contributed by atoms with van der Waals surface area (Å²) < 4.78 is 3.21. The molecule has 3 rings (SSSR count). The molecule has 0 saturated heterocycles. The lowest BCUT2D eigenvalue weighted by Crippen LogP contribution is -2.44. The summed E-state index contributed by atoms with van der Waals surface area (Å²) in [6.07, 6.45) is 2.14. The van der Waals surface area contributed by atoms with Crippen molar-refractivity contribution < 1.29 is 9.59 Å². The monoisotopic (exact) mass is 420 g/mol. The Morgan fingerprint density at radius 2 is 1.61 bits per heavy atom. The first-order chi connectivity index (χ1) is 14.9. The molecule has 0 fully saturated rings. The van der Waals surface area contributed by atoms with E-state index in [1.807, 2.05) is 43.3 Å². The van der Waals surface area contributed by atoms with Gasteiger partial charge < -0.3 is 10.6 Å². The number of nitrogens with one attached hydrogen (secondary N) is 2. The van der Waals surface area contributed by atoms with E-state index < -0.39 is 11.9 Å². The fourth-order valence-electron chi connectivity index (χ4n) is 3.43. The second-order valence-corrected chi connectivity index (χ2v) is 7.46. The lowest BCUT2D eigenvalue weighted by atomic mass is 10.1. The lowest BCUT2D eigenvalue weighted by Gasteiger charge is -2.18. The van der Waals surface area contributed by atoms with E-state index in [1.165, 1.54) is 4.68 Å². The quantitative estimate of drug-likeness (QED) is 0.586. The first-order valence-corrected chi connectivity index (χ1v) is 10.4. The van der Waals surface area contributed by atoms with E-state index in [-0.39, 0.29) is 17.2 Å². The molecule has 0 saturated carbocycles.